The first-order chi connectivity index (χ1) is 6.06. The molecule has 0 aliphatic carbocycles. The molecule has 2 nitrogen and oxygen atoms in total. The van der Waals surface area contributed by atoms with Crippen LogP contribution in [0.15, 0.2) is 13.6 Å². The summed E-state index contributed by atoms with van der Waals surface area (Å²) in [4.78, 5) is 13.4. The van der Waals surface area contributed by atoms with Gasteiger partial charge >= 0.3 is 0 Å². The predicted octanol–water partition coefficient (Wildman–Crippen LogP) is 3.37. The van der Waals surface area contributed by atoms with Crippen LogP contribution in [0.25, 0.3) is 0 Å². The summed E-state index contributed by atoms with van der Waals surface area (Å²) < 4.78 is 1.84. The Morgan fingerprint density at radius 3 is 2.62 bits per heavy atom. The van der Waals surface area contributed by atoms with E-state index in [-0.39, 0.29) is 5.91 Å². The third-order valence-electron chi connectivity index (χ3n) is 1.71. The zero-order valence-corrected chi connectivity index (χ0v) is 11.3. The highest BCUT2D eigenvalue weighted by Crippen LogP contribution is 2.32. The van der Waals surface area contributed by atoms with E-state index in [9.17, 15) is 4.79 Å². The van der Waals surface area contributed by atoms with E-state index in [1.165, 1.54) is 11.3 Å². The van der Waals surface area contributed by atoms with Crippen LogP contribution in [-0.4, -0.2) is 24.4 Å². The van der Waals surface area contributed by atoms with Crippen molar-refractivity contribution in [1.29, 1.82) is 0 Å². The fraction of sp³-hybridized carbons (Fsp3) is 0.375. The van der Waals surface area contributed by atoms with E-state index >= 15 is 0 Å². The number of hydrogen-bond donors (Lipinski definition) is 0. The Morgan fingerprint density at radius 2 is 2.23 bits per heavy atom. The molecule has 0 saturated carbocycles. The third kappa shape index (κ3) is 2.54. The van der Waals surface area contributed by atoms with Gasteiger partial charge in [-0.25, -0.2) is 0 Å². The summed E-state index contributed by atoms with van der Waals surface area (Å²) in [6, 6.07) is 1.84. The number of hydrogen-bond acceptors (Lipinski definition) is 2. The molecule has 5 heteroatoms. The first kappa shape index (κ1) is 11.2. The maximum absolute atomic E-state index is 11.7. The lowest BCUT2D eigenvalue weighted by atomic mass is 10.3. The molecule has 1 heterocycles. The monoisotopic (exact) mass is 325 g/mol. The molecule has 0 aliphatic heterocycles. The van der Waals surface area contributed by atoms with Crippen LogP contribution in [0.2, 0.25) is 0 Å². The summed E-state index contributed by atoms with van der Waals surface area (Å²) in [6.07, 6.45) is 0. The van der Waals surface area contributed by atoms with Gasteiger partial charge in [0, 0.05) is 13.6 Å². The normalized spacial score (nSPS) is 10.2. The van der Waals surface area contributed by atoms with E-state index in [4.69, 9.17) is 0 Å². The van der Waals surface area contributed by atoms with Gasteiger partial charge in [-0.05, 0) is 44.8 Å². The molecule has 0 fully saturated rings. The van der Waals surface area contributed by atoms with E-state index < -0.39 is 0 Å². The predicted molar refractivity (Wildman–Crippen MR) is 62.4 cm³/mol. The van der Waals surface area contributed by atoms with Crippen LogP contribution in [0.3, 0.4) is 0 Å². The second-order valence-electron chi connectivity index (χ2n) is 2.56. The zero-order valence-electron chi connectivity index (χ0n) is 7.30. The van der Waals surface area contributed by atoms with Crippen molar-refractivity contribution in [3.8, 4) is 0 Å². The number of carbonyl (C=O) groups excluding carboxylic acids is 1. The molecule has 0 aromatic carbocycles. The highest BCUT2D eigenvalue weighted by atomic mass is 79.9. The highest BCUT2D eigenvalue weighted by Gasteiger charge is 2.16. The first-order valence-electron chi connectivity index (χ1n) is 3.76. The van der Waals surface area contributed by atoms with Gasteiger partial charge < -0.3 is 4.90 Å². The molecule has 1 aromatic heterocycles. The lowest BCUT2D eigenvalue weighted by Crippen LogP contribution is -2.25. The van der Waals surface area contributed by atoms with Crippen molar-refractivity contribution >= 4 is 49.1 Å². The molecule has 0 saturated heterocycles. The van der Waals surface area contributed by atoms with Crippen molar-refractivity contribution in [1.82, 2.24) is 4.90 Å². The minimum absolute atomic E-state index is 0.0522. The fourth-order valence-corrected chi connectivity index (χ4v) is 3.61. The fourth-order valence-electron chi connectivity index (χ4n) is 0.835. The summed E-state index contributed by atoms with van der Waals surface area (Å²) in [6.45, 7) is 2.67. The molecule has 72 valence electrons. The molecule has 0 unspecified atom stereocenters. The highest BCUT2D eigenvalue weighted by molar-refractivity contribution is 9.12. The lowest BCUT2D eigenvalue weighted by Gasteiger charge is -2.13. The molecule has 0 bridgehead atoms. The Kier molecular flexibility index (Phi) is 3.94. The molecule has 0 N–H and O–H groups in total. The van der Waals surface area contributed by atoms with Gasteiger partial charge in [0.15, 0.2) is 0 Å². The van der Waals surface area contributed by atoms with Gasteiger partial charge in [-0.3, -0.25) is 4.79 Å². The number of carbonyl (C=O) groups is 1. The minimum Gasteiger partial charge on any atom is -0.342 e. The Bertz CT molecular complexity index is 324. The summed E-state index contributed by atoms with van der Waals surface area (Å²) in [5, 5.41) is 0. The number of amides is 1. The summed E-state index contributed by atoms with van der Waals surface area (Å²) in [5.41, 5.74) is 0.723. The number of rotatable bonds is 2. The third-order valence-corrected chi connectivity index (χ3v) is 4.05. The van der Waals surface area contributed by atoms with Crippen LogP contribution >= 0.6 is 43.2 Å². The molecule has 0 aliphatic rings. The topological polar surface area (TPSA) is 20.3 Å². The van der Waals surface area contributed by atoms with Gasteiger partial charge in [0.1, 0.15) is 0 Å². The van der Waals surface area contributed by atoms with Crippen LogP contribution in [0.1, 0.15) is 17.3 Å². The van der Waals surface area contributed by atoms with E-state index in [0.717, 1.165) is 19.7 Å². The van der Waals surface area contributed by atoms with Gasteiger partial charge in [-0.1, -0.05) is 0 Å². The van der Waals surface area contributed by atoms with Crippen LogP contribution in [0, 0.1) is 0 Å². The van der Waals surface area contributed by atoms with Gasteiger partial charge in [-0.2, -0.15) is 0 Å². The maximum atomic E-state index is 11.7. The average Bonchev–Trinajstić information content (AvgIpc) is 2.42. The van der Waals surface area contributed by atoms with Gasteiger partial charge in [-0.15, -0.1) is 11.3 Å². The van der Waals surface area contributed by atoms with E-state index in [2.05, 4.69) is 31.9 Å². The second-order valence-corrected chi connectivity index (χ2v) is 6.31. The maximum Gasteiger partial charge on any atom is 0.255 e. The van der Waals surface area contributed by atoms with Crippen LogP contribution < -0.4 is 0 Å². The van der Waals surface area contributed by atoms with Gasteiger partial charge in [0.25, 0.3) is 5.91 Å². The molecule has 13 heavy (non-hydrogen) atoms. The van der Waals surface area contributed by atoms with Gasteiger partial charge in [0.2, 0.25) is 0 Å². The van der Waals surface area contributed by atoms with Crippen LogP contribution in [0.4, 0.5) is 0 Å². The summed E-state index contributed by atoms with van der Waals surface area (Å²) >= 11 is 8.21. The van der Waals surface area contributed by atoms with E-state index in [1.807, 2.05) is 13.0 Å². The SMILES string of the molecule is CCN(C)C(=O)c1cc(Br)sc1Br. The standard InChI is InChI=1S/C8H9Br2NOS/c1-3-11(2)8(12)5-4-6(9)13-7(5)10/h4H,3H2,1-2H3. The number of thiophene rings is 1. The molecule has 0 radical (unpaired) electrons. The largest absolute Gasteiger partial charge is 0.342 e. The Balaban J connectivity index is 2.94. The number of halogens is 2. The van der Waals surface area contributed by atoms with Crippen molar-refractivity contribution < 1.29 is 4.79 Å². The quantitative estimate of drug-likeness (QED) is 0.816. The van der Waals surface area contributed by atoms with Gasteiger partial charge in [0.05, 0.1) is 13.1 Å². The van der Waals surface area contributed by atoms with E-state index in [0.29, 0.717) is 0 Å². The summed E-state index contributed by atoms with van der Waals surface area (Å²) in [7, 11) is 1.79. The van der Waals surface area contributed by atoms with Crippen molar-refractivity contribution in [2.45, 2.75) is 6.92 Å². The van der Waals surface area contributed by atoms with Crippen molar-refractivity contribution in [2.24, 2.45) is 0 Å². The van der Waals surface area contributed by atoms with Crippen molar-refractivity contribution in [3.63, 3.8) is 0 Å². The second kappa shape index (κ2) is 4.57. The smallest absolute Gasteiger partial charge is 0.255 e. The minimum atomic E-state index is 0.0522. The number of nitrogens with zero attached hydrogens (tertiary/aromatic N) is 1. The first-order valence-corrected chi connectivity index (χ1v) is 6.16. The van der Waals surface area contributed by atoms with Crippen LogP contribution in [0.5, 0.6) is 0 Å². The molecular formula is C8H9Br2NOS. The molecular weight excluding hydrogens is 318 g/mol. The van der Waals surface area contributed by atoms with Crippen LogP contribution in [-0.2, 0) is 0 Å². The molecule has 1 aromatic rings. The summed E-state index contributed by atoms with van der Waals surface area (Å²) in [5.74, 6) is 0.0522. The Morgan fingerprint density at radius 1 is 1.62 bits per heavy atom. The molecule has 0 atom stereocenters. The molecule has 0 spiro atoms. The molecule has 1 rings (SSSR count). The Labute approximate surface area is 98.2 Å². The zero-order chi connectivity index (χ0) is 10.0. The van der Waals surface area contributed by atoms with Crippen molar-refractivity contribution in [3.05, 3.63) is 19.2 Å². The lowest BCUT2D eigenvalue weighted by molar-refractivity contribution is 0.0802. The molecule has 1 amide bonds. The average molecular weight is 327 g/mol. The van der Waals surface area contributed by atoms with Crippen molar-refractivity contribution in [2.75, 3.05) is 13.6 Å². The van der Waals surface area contributed by atoms with E-state index in [1.54, 1.807) is 11.9 Å². The Hall–Kier alpha value is 0.130.